The molecule has 13 heteroatoms. The Balaban J connectivity index is 1.58. The Bertz CT molecular complexity index is 1350. The van der Waals surface area contributed by atoms with E-state index < -0.39 is 59.3 Å². The lowest BCUT2D eigenvalue weighted by Gasteiger charge is -2.38. The number of amides is 5. The smallest absolute Gasteiger partial charge is 0.255 e. The maximum Gasteiger partial charge on any atom is 0.255 e. The molecule has 0 radical (unpaired) electrons. The first-order chi connectivity index (χ1) is 20.7. The maximum atomic E-state index is 14.1. The van der Waals surface area contributed by atoms with Crippen molar-refractivity contribution in [2.75, 3.05) is 32.9 Å². The molecule has 5 amide bonds. The number of carbonyl (C=O) groups is 5. The first-order valence-electron chi connectivity index (χ1n) is 14.2. The average molecular weight is 598 g/mol. The van der Waals surface area contributed by atoms with Crippen molar-refractivity contribution in [2.24, 2.45) is 5.73 Å². The first kappa shape index (κ1) is 31.4. The van der Waals surface area contributed by atoms with E-state index in [4.69, 9.17) is 15.2 Å². The summed E-state index contributed by atoms with van der Waals surface area (Å²) in [5.41, 5.74) is 5.47. The van der Waals surface area contributed by atoms with E-state index in [1.165, 1.54) is 18.2 Å². The summed E-state index contributed by atoms with van der Waals surface area (Å²) in [6.07, 6.45) is 0.328. The largest absolute Gasteiger partial charge is 0.491 e. The molecule has 1 fully saturated rings. The number of fused-ring (bicyclic) bond motifs is 1. The molecular weight excluding hydrogens is 561 g/mol. The van der Waals surface area contributed by atoms with Gasteiger partial charge in [0.25, 0.3) is 5.91 Å². The number of ether oxygens (including phenoxy) is 2. The fourth-order valence-electron chi connectivity index (χ4n) is 5.21. The van der Waals surface area contributed by atoms with Crippen LogP contribution in [0.4, 0.5) is 4.39 Å². The standard InChI is InChI=1S/C30H36FN5O7/c31-20-5-3-4-19(16-20)30(10-13-42-14-11-30)18-34-29(41)23-17-26(38)35-22(8-9-25(32)37)28(40)33-12-15-43-24-7-2-1-6-21(24)27(39)36-23/h1-7,16,22-23H,8-15,17-18H2,(H2,32,37)(H,33,40)(H,34,41)(H,35,38)(H,36,39)/t22-,23-/m0/s1. The summed E-state index contributed by atoms with van der Waals surface area (Å²) in [5, 5.41) is 10.7. The number of hydrogen-bond donors (Lipinski definition) is 5. The van der Waals surface area contributed by atoms with Crippen molar-refractivity contribution >= 4 is 29.5 Å². The highest BCUT2D eigenvalue weighted by Crippen LogP contribution is 2.34. The van der Waals surface area contributed by atoms with E-state index in [9.17, 15) is 28.4 Å². The Labute approximate surface area is 248 Å². The van der Waals surface area contributed by atoms with Gasteiger partial charge in [-0.1, -0.05) is 24.3 Å². The molecule has 2 aromatic rings. The van der Waals surface area contributed by atoms with Gasteiger partial charge in [-0.25, -0.2) is 4.39 Å². The van der Waals surface area contributed by atoms with Crippen LogP contribution in [-0.2, 0) is 29.3 Å². The third-order valence-corrected chi connectivity index (χ3v) is 7.62. The number of hydrogen-bond acceptors (Lipinski definition) is 7. The third kappa shape index (κ3) is 8.51. The van der Waals surface area contributed by atoms with Crippen LogP contribution in [0, 0.1) is 5.82 Å². The Morgan fingerprint density at radius 3 is 2.53 bits per heavy atom. The molecule has 0 aromatic heterocycles. The number of para-hydroxylation sites is 1. The molecule has 2 heterocycles. The zero-order chi connectivity index (χ0) is 30.8. The van der Waals surface area contributed by atoms with Gasteiger partial charge in [-0.15, -0.1) is 0 Å². The van der Waals surface area contributed by atoms with Gasteiger partial charge in [-0.3, -0.25) is 24.0 Å². The van der Waals surface area contributed by atoms with E-state index in [1.54, 1.807) is 30.3 Å². The molecule has 43 heavy (non-hydrogen) atoms. The number of nitrogens with two attached hydrogens (primary N) is 1. The molecule has 2 atom stereocenters. The summed E-state index contributed by atoms with van der Waals surface area (Å²) >= 11 is 0. The molecule has 2 aliphatic rings. The highest BCUT2D eigenvalue weighted by molar-refractivity contribution is 6.01. The van der Waals surface area contributed by atoms with Crippen molar-refractivity contribution < 1.29 is 37.8 Å². The van der Waals surface area contributed by atoms with Gasteiger partial charge in [0.2, 0.25) is 23.6 Å². The number of carbonyl (C=O) groups excluding carboxylic acids is 5. The van der Waals surface area contributed by atoms with Crippen LogP contribution in [0.15, 0.2) is 48.5 Å². The number of halogens is 1. The quantitative estimate of drug-likeness (QED) is 0.307. The van der Waals surface area contributed by atoms with Crippen molar-refractivity contribution in [2.45, 2.75) is 49.6 Å². The predicted molar refractivity (Wildman–Crippen MR) is 152 cm³/mol. The maximum absolute atomic E-state index is 14.1. The normalized spacial score (nSPS) is 21.1. The molecule has 12 nitrogen and oxygen atoms in total. The third-order valence-electron chi connectivity index (χ3n) is 7.62. The van der Waals surface area contributed by atoms with E-state index in [1.807, 2.05) is 0 Å². The summed E-state index contributed by atoms with van der Waals surface area (Å²) in [6.45, 7) is 1.03. The van der Waals surface area contributed by atoms with Gasteiger partial charge in [0.15, 0.2) is 0 Å². The lowest BCUT2D eigenvalue weighted by atomic mass is 9.74. The summed E-state index contributed by atoms with van der Waals surface area (Å²) in [6, 6.07) is 10.1. The first-order valence-corrected chi connectivity index (χ1v) is 14.2. The fraction of sp³-hybridized carbons (Fsp3) is 0.433. The average Bonchev–Trinajstić information content (AvgIpc) is 2.99. The van der Waals surface area contributed by atoms with Crippen molar-refractivity contribution in [3.8, 4) is 5.75 Å². The molecule has 0 bridgehead atoms. The molecule has 0 unspecified atom stereocenters. The lowest BCUT2D eigenvalue weighted by molar-refractivity contribution is -0.131. The van der Waals surface area contributed by atoms with Crippen molar-refractivity contribution in [1.82, 2.24) is 21.3 Å². The topological polar surface area (TPSA) is 178 Å². The van der Waals surface area contributed by atoms with Crippen LogP contribution in [0.5, 0.6) is 5.75 Å². The molecule has 0 aliphatic carbocycles. The van der Waals surface area contributed by atoms with E-state index in [2.05, 4.69) is 21.3 Å². The minimum absolute atomic E-state index is 0.0162. The van der Waals surface area contributed by atoms with Gasteiger partial charge in [0.1, 0.15) is 30.3 Å². The minimum atomic E-state index is -1.34. The van der Waals surface area contributed by atoms with Gasteiger partial charge in [-0.05, 0) is 49.1 Å². The minimum Gasteiger partial charge on any atom is -0.491 e. The molecule has 4 rings (SSSR count). The molecular formula is C30H36FN5O7. The molecule has 1 saturated heterocycles. The van der Waals surface area contributed by atoms with Crippen molar-refractivity contribution in [3.05, 3.63) is 65.5 Å². The van der Waals surface area contributed by atoms with E-state index in [-0.39, 0.29) is 43.9 Å². The van der Waals surface area contributed by atoms with E-state index in [0.717, 1.165) is 0 Å². The predicted octanol–water partition coefficient (Wildman–Crippen LogP) is 0.438. The SMILES string of the molecule is NC(=O)CC[C@@H]1NC(=O)C[C@@H](C(=O)NCC2(c3cccc(F)c3)CCOCC2)NC(=O)c2ccccc2OCCNC1=O. The van der Waals surface area contributed by atoms with Gasteiger partial charge in [0.05, 0.1) is 18.5 Å². The summed E-state index contributed by atoms with van der Waals surface area (Å²) in [4.78, 5) is 64.2. The number of nitrogens with one attached hydrogen (secondary N) is 4. The summed E-state index contributed by atoms with van der Waals surface area (Å²) < 4.78 is 25.4. The molecule has 0 saturated carbocycles. The lowest BCUT2D eigenvalue weighted by Crippen LogP contribution is -2.54. The van der Waals surface area contributed by atoms with Crippen LogP contribution >= 0.6 is 0 Å². The molecule has 2 aliphatic heterocycles. The Hall–Kier alpha value is -4.52. The van der Waals surface area contributed by atoms with Crippen molar-refractivity contribution in [3.63, 3.8) is 0 Å². The number of rotatable bonds is 7. The van der Waals surface area contributed by atoms with Crippen LogP contribution in [0.3, 0.4) is 0 Å². The highest BCUT2D eigenvalue weighted by Gasteiger charge is 2.36. The van der Waals surface area contributed by atoms with Crippen molar-refractivity contribution in [1.29, 1.82) is 0 Å². The number of primary amides is 1. The van der Waals surface area contributed by atoms with Crippen LogP contribution in [0.25, 0.3) is 0 Å². The van der Waals surface area contributed by atoms with Crippen LogP contribution < -0.4 is 31.7 Å². The fourth-order valence-corrected chi connectivity index (χ4v) is 5.21. The highest BCUT2D eigenvalue weighted by atomic mass is 19.1. The molecule has 6 N–H and O–H groups in total. The molecule has 2 aromatic carbocycles. The van der Waals surface area contributed by atoms with Crippen LogP contribution in [0.1, 0.15) is 48.0 Å². The van der Waals surface area contributed by atoms with E-state index >= 15 is 0 Å². The Morgan fingerprint density at radius 1 is 1.02 bits per heavy atom. The van der Waals surface area contributed by atoms with Gasteiger partial charge >= 0.3 is 0 Å². The van der Waals surface area contributed by atoms with Gasteiger partial charge < -0.3 is 36.5 Å². The second kappa shape index (κ2) is 14.6. The second-order valence-corrected chi connectivity index (χ2v) is 10.6. The van der Waals surface area contributed by atoms with E-state index in [0.29, 0.717) is 31.6 Å². The molecule has 0 spiro atoms. The summed E-state index contributed by atoms with van der Waals surface area (Å²) in [7, 11) is 0. The van der Waals surface area contributed by atoms with Gasteiger partial charge in [-0.2, -0.15) is 0 Å². The Morgan fingerprint density at radius 2 is 1.79 bits per heavy atom. The van der Waals surface area contributed by atoms with Crippen LogP contribution in [0.2, 0.25) is 0 Å². The zero-order valence-corrected chi connectivity index (χ0v) is 23.7. The number of benzene rings is 2. The second-order valence-electron chi connectivity index (χ2n) is 10.6. The zero-order valence-electron chi connectivity index (χ0n) is 23.7. The Kier molecular flexibility index (Phi) is 10.7. The van der Waals surface area contributed by atoms with Gasteiger partial charge in [0, 0.05) is 31.6 Å². The monoisotopic (exact) mass is 597 g/mol. The summed E-state index contributed by atoms with van der Waals surface area (Å²) in [5.74, 6) is -3.35. The molecule has 230 valence electrons. The van der Waals surface area contributed by atoms with Crippen LogP contribution in [-0.4, -0.2) is 74.5 Å².